The van der Waals surface area contributed by atoms with Gasteiger partial charge in [-0.15, -0.1) is 0 Å². The number of hydrogen-bond donors (Lipinski definition) is 1. The molecule has 1 aromatic heterocycles. The molecule has 1 rings (SSSR count). The second-order valence-electron chi connectivity index (χ2n) is 3.36. The standard InChI is InChI=1S/C11H17NO3/c1-8-6-9(2)12-11(10(8)7-13)15-5-4-14-3/h6,13H,4-5,7H2,1-3H3. The van der Waals surface area contributed by atoms with Crippen molar-refractivity contribution in [1.82, 2.24) is 4.98 Å². The fourth-order valence-electron chi connectivity index (χ4n) is 1.36. The third kappa shape index (κ3) is 3.18. The molecule has 0 aliphatic heterocycles. The number of nitrogens with zero attached hydrogens (tertiary/aromatic N) is 1. The summed E-state index contributed by atoms with van der Waals surface area (Å²) in [6.07, 6.45) is 0. The molecule has 84 valence electrons. The number of aliphatic hydroxyl groups excluding tert-OH is 1. The molecule has 0 unspecified atom stereocenters. The largest absolute Gasteiger partial charge is 0.475 e. The second kappa shape index (κ2) is 5.68. The molecule has 1 N–H and O–H groups in total. The molecule has 0 bridgehead atoms. The molecule has 0 aromatic carbocycles. The number of hydrogen-bond acceptors (Lipinski definition) is 4. The smallest absolute Gasteiger partial charge is 0.219 e. The third-order valence-electron chi connectivity index (χ3n) is 2.12. The Morgan fingerprint density at radius 2 is 2.07 bits per heavy atom. The molecule has 0 aliphatic rings. The van der Waals surface area contributed by atoms with Gasteiger partial charge < -0.3 is 14.6 Å². The molecule has 1 heterocycles. The van der Waals surface area contributed by atoms with E-state index in [1.807, 2.05) is 19.9 Å². The average Bonchev–Trinajstić information content (AvgIpc) is 2.17. The predicted molar refractivity (Wildman–Crippen MR) is 57.0 cm³/mol. The van der Waals surface area contributed by atoms with Crippen LogP contribution in [-0.4, -0.2) is 30.4 Å². The van der Waals surface area contributed by atoms with Gasteiger partial charge in [-0.2, -0.15) is 0 Å². The van der Waals surface area contributed by atoms with Gasteiger partial charge in [-0.25, -0.2) is 4.98 Å². The highest BCUT2D eigenvalue weighted by molar-refractivity contribution is 5.35. The summed E-state index contributed by atoms with van der Waals surface area (Å²) >= 11 is 0. The number of methoxy groups -OCH3 is 1. The van der Waals surface area contributed by atoms with E-state index in [1.54, 1.807) is 7.11 Å². The van der Waals surface area contributed by atoms with Crippen molar-refractivity contribution in [1.29, 1.82) is 0 Å². The summed E-state index contributed by atoms with van der Waals surface area (Å²) in [5, 5.41) is 9.20. The molecule has 15 heavy (non-hydrogen) atoms. The minimum absolute atomic E-state index is 0.0541. The van der Waals surface area contributed by atoms with Gasteiger partial charge in [0, 0.05) is 18.4 Å². The van der Waals surface area contributed by atoms with Crippen LogP contribution < -0.4 is 4.74 Å². The molecule has 0 fully saturated rings. The monoisotopic (exact) mass is 211 g/mol. The van der Waals surface area contributed by atoms with Crippen molar-refractivity contribution in [3.05, 3.63) is 22.9 Å². The van der Waals surface area contributed by atoms with Crippen molar-refractivity contribution in [3.63, 3.8) is 0 Å². The van der Waals surface area contributed by atoms with E-state index in [1.165, 1.54) is 0 Å². The molecule has 0 saturated carbocycles. The Morgan fingerprint density at radius 1 is 1.33 bits per heavy atom. The van der Waals surface area contributed by atoms with Crippen molar-refractivity contribution in [2.24, 2.45) is 0 Å². The molecule has 0 atom stereocenters. The van der Waals surface area contributed by atoms with Crippen molar-refractivity contribution < 1.29 is 14.6 Å². The maximum Gasteiger partial charge on any atom is 0.219 e. The molecule has 0 radical (unpaired) electrons. The van der Waals surface area contributed by atoms with Crippen molar-refractivity contribution in [2.45, 2.75) is 20.5 Å². The Morgan fingerprint density at radius 3 is 2.67 bits per heavy atom. The van der Waals surface area contributed by atoms with E-state index in [0.717, 1.165) is 16.8 Å². The zero-order valence-electron chi connectivity index (χ0n) is 9.41. The third-order valence-corrected chi connectivity index (χ3v) is 2.12. The second-order valence-corrected chi connectivity index (χ2v) is 3.36. The molecular weight excluding hydrogens is 194 g/mol. The van der Waals surface area contributed by atoms with Crippen LogP contribution in [0.25, 0.3) is 0 Å². The molecule has 4 heteroatoms. The van der Waals surface area contributed by atoms with Gasteiger partial charge in [0.1, 0.15) is 6.61 Å². The van der Waals surface area contributed by atoms with Crippen LogP contribution in [0.3, 0.4) is 0 Å². The number of pyridine rings is 1. The van der Waals surface area contributed by atoms with Crippen LogP contribution in [0.4, 0.5) is 0 Å². The number of ether oxygens (including phenoxy) is 2. The molecular formula is C11H17NO3. The van der Waals surface area contributed by atoms with Crippen molar-refractivity contribution in [3.8, 4) is 5.88 Å². The molecule has 0 saturated heterocycles. The van der Waals surface area contributed by atoms with Crippen LogP contribution in [0.15, 0.2) is 6.07 Å². The highest BCUT2D eigenvalue weighted by Crippen LogP contribution is 2.20. The SMILES string of the molecule is COCCOc1nc(C)cc(C)c1CO. The quantitative estimate of drug-likeness (QED) is 0.744. The summed E-state index contributed by atoms with van der Waals surface area (Å²) in [5.41, 5.74) is 2.63. The van der Waals surface area contributed by atoms with E-state index in [0.29, 0.717) is 19.1 Å². The van der Waals surface area contributed by atoms with Crippen molar-refractivity contribution >= 4 is 0 Å². The highest BCUT2D eigenvalue weighted by Gasteiger charge is 2.08. The summed E-state index contributed by atoms with van der Waals surface area (Å²) in [7, 11) is 1.62. The molecule has 0 aliphatic carbocycles. The minimum Gasteiger partial charge on any atom is -0.475 e. The highest BCUT2D eigenvalue weighted by atomic mass is 16.5. The number of aliphatic hydroxyl groups is 1. The first kappa shape index (κ1) is 11.9. The summed E-state index contributed by atoms with van der Waals surface area (Å²) in [6.45, 7) is 4.74. The van der Waals surface area contributed by atoms with E-state index < -0.39 is 0 Å². The van der Waals surface area contributed by atoms with Crippen LogP contribution in [0.2, 0.25) is 0 Å². The lowest BCUT2D eigenvalue weighted by Crippen LogP contribution is -2.09. The van der Waals surface area contributed by atoms with E-state index in [9.17, 15) is 5.11 Å². The Balaban J connectivity index is 2.84. The molecule has 4 nitrogen and oxygen atoms in total. The van der Waals surface area contributed by atoms with Gasteiger partial charge in [-0.05, 0) is 25.5 Å². The zero-order chi connectivity index (χ0) is 11.3. The zero-order valence-corrected chi connectivity index (χ0v) is 9.41. The Hall–Kier alpha value is -1.13. The van der Waals surface area contributed by atoms with E-state index in [2.05, 4.69) is 4.98 Å². The molecule has 0 amide bonds. The number of rotatable bonds is 5. The summed E-state index contributed by atoms with van der Waals surface area (Å²) in [4.78, 5) is 4.24. The van der Waals surface area contributed by atoms with Gasteiger partial charge in [-0.3, -0.25) is 0 Å². The van der Waals surface area contributed by atoms with Gasteiger partial charge in [0.15, 0.2) is 0 Å². The van der Waals surface area contributed by atoms with E-state index in [4.69, 9.17) is 9.47 Å². The van der Waals surface area contributed by atoms with Gasteiger partial charge in [0.2, 0.25) is 5.88 Å². The number of aromatic nitrogens is 1. The Kier molecular flexibility index (Phi) is 4.52. The van der Waals surface area contributed by atoms with Crippen LogP contribution in [-0.2, 0) is 11.3 Å². The number of aryl methyl sites for hydroxylation is 2. The van der Waals surface area contributed by atoms with E-state index in [-0.39, 0.29) is 6.61 Å². The fourth-order valence-corrected chi connectivity index (χ4v) is 1.36. The van der Waals surface area contributed by atoms with E-state index >= 15 is 0 Å². The normalized spacial score (nSPS) is 10.4. The maximum absolute atomic E-state index is 9.20. The fraction of sp³-hybridized carbons (Fsp3) is 0.545. The lowest BCUT2D eigenvalue weighted by Gasteiger charge is -2.11. The van der Waals surface area contributed by atoms with Crippen LogP contribution in [0.1, 0.15) is 16.8 Å². The lowest BCUT2D eigenvalue weighted by molar-refractivity contribution is 0.141. The molecule has 1 aromatic rings. The van der Waals surface area contributed by atoms with Crippen LogP contribution in [0, 0.1) is 13.8 Å². The minimum atomic E-state index is -0.0541. The van der Waals surface area contributed by atoms with Gasteiger partial charge >= 0.3 is 0 Å². The average molecular weight is 211 g/mol. The Bertz CT molecular complexity index is 326. The first-order chi connectivity index (χ1) is 7.19. The summed E-state index contributed by atoms with van der Waals surface area (Å²) < 4.78 is 10.3. The topological polar surface area (TPSA) is 51.6 Å². The maximum atomic E-state index is 9.20. The molecule has 0 spiro atoms. The van der Waals surface area contributed by atoms with Crippen molar-refractivity contribution in [2.75, 3.05) is 20.3 Å². The van der Waals surface area contributed by atoms with Crippen LogP contribution in [0.5, 0.6) is 5.88 Å². The first-order valence-electron chi connectivity index (χ1n) is 4.88. The van der Waals surface area contributed by atoms with Gasteiger partial charge in [0.25, 0.3) is 0 Å². The summed E-state index contributed by atoms with van der Waals surface area (Å²) in [6, 6.07) is 1.93. The van der Waals surface area contributed by atoms with Gasteiger partial charge in [-0.1, -0.05) is 0 Å². The van der Waals surface area contributed by atoms with Crippen LogP contribution >= 0.6 is 0 Å². The summed E-state index contributed by atoms with van der Waals surface area (Å²) in [5.74, 6) is 0.507. The lowest BCUT2D eigenvalue weighted by atomic mass is 10.1. The first-order valence-corrected chi connectivity index (χ1v) is 4.88. The van der Waals surface area contributed by atoms with Gasteiger partial charge in [0.05, 0.1) is 13.2 Å². The predicted octanol–water partition coefficient (Wildman–Crippen LogP) is 1.22. The Labute approximate surface area is 89.9 Å².